The van der Waals surface area contributed by atoms with Crippen molar-refractivity contribution in [3.05, 3.63) is 52.9 Å². The van der Waals surface area contributed by atoms with Crippen molar-refractivity contribution in [2.24, 2.45) is 0 Å². The van der Waals surface area contributed by atoms with Gasteiger partial charge in [-0.05, 0) is 55.3 Å². The lowest BCUT2D eigenvalue weighted by Gasteiger charge is -2.31. The van der Waals surface area contributed by atoms with E-state index in [9.17, 15) is 8.42 Å². The van der Waals surface area contributed by atoms with Crippen LogP contribution >= 0.6 is 22.9 Å². The summed E-state index contributed by atoms with van der Waals surface area (Å²) in [5.41, 5.74) is 1.80. The molecular weight excluding hydrogens is 456 g/mol. The van der Waals surface area contributed by atoms with Crippen molar-refractivity contribution >= 4 is 37.9 Å². The minimum atomic E-state index is -3.36. The molecule has 0 aliphatic carbocycles. The van der Waals surface area contributed by atoms with Crippen LogP contribution in [0.25, 0.3) is 11.3 Å². The lowest BCUT2D eigenvalue weighted by Crippen LogP contribution is -2.39. The Labute approximate surface area is 191 Å². The molecule has 2 aromatic carbocycles. The first kappa shape index (κ1) is 21.9. The van der Waals surface area contributed by atoms with E-state index >= 15 is 0 Å². The number of piperidine rings is 1. The van der Waals surface area contributed by atoms with Crippen molar-refractivity contribution in [2.45, 2.75) is 23.0 Å². The summed E-state index contributed by atoms with van der Waals surface area (Å²) in [5.74, 6) is 1.33. The van der Waals surface area contributed by atoms with Crippen LogP contribution in [0.4, 0.5) is 5.13 Å². The number of nitrogens with zero attached hydrogens (tertiary/aromatic N) is 2. The summed E-state index contributed by atoms with van der Waals surface area (Å²) in [7, 11) is -0.151. The van der Waals surface area contributed by atoms with Crippen LogP contribution in [0, 0.1) is 0 Å². The van der Waals surface area contributed by atoms with E-state index < -0.39 is 15.1 Å². The summed E-state index contributed by atoms with van der Waals surface area (Å²) in [5, 5.41) is 3.04. The topological polar surface area (TPSA) is 68.7 Å². The van der Waals surface area contributed by atoms with Crippen LogP contribution < -0.4 is 14.4 Å². The van der Waals surface area contributed by atoms with Crippen LogP contribution in [0.15, 0.2) is 52.7 Å². The van der Waals surface area contributed by atoms with E-state index in [4.69, 9.17) is 26.1 Å². The number of benzene rings is 2. The molecule has 31 heavy (non-hydrogen) atoms. The fraction of sp³-hybridized carbons (Fsp3) is 0.318. The number of anilines is 1. The molecular formula is C22H23ClN2O4S2. The Bertz CT molecular complexity index is 1150. The third kappa shape index (κ3) is 4.51. The number of thiazole rings is 1. The Kier molecular flexibility index (Phi) is 6.41. The monoisotopic (exact) mass is 478 g/mol. The first-order valence-corrected chi connectivity index (χ1v) is 12.6. The largest absolute Gasteiger partial charge is 0.493 e. The Hall–Kier alpha value is -2.29. The lowest BCUT2D eigenvalue weighted by atomic mass is 10.1. The summed E-state index contributed by atoms with van der Waals surface area (Å²) >= 11 is 7.45. The highest BCUT2D eigenvalue weighted by Gasteiger charge is 2.32. The smallest absolute Gasteiger partial charge is 0.185 e. The zero-order valence-electron chi connectivity index (χ0n) is 17.2. The van der Waals surface area contributed by atoms with Gasteiger partial charge in [0.15, 0.2) is 26.5 Å². The lowest BCUT2D eigenvalue weighted by molar-refractivity contribution is 0.355. The molecule has 9 heteroatoms. The Morgan fingerprint density at radius 2 is 1.71 bits per heavy atom. The molecule has 6 nitrogen and oxygen atoms in total. The summed E-state index contributed by atoms with van der Waals surface area (Å²) in [4.78, 5) is 7.26. The van der Waals surface area contributed by atoms with E-state index in [0.29, 0.717) is 47.3 Å². The highest BCUT2D eigenvalue weighted by atomic mass is 35.5. The van der Waals surface area contributed by atoms with Crippen LogP contribution in [0.3, 0.4) is 0 Å². The van der Waals surface area contributed by atoms with Gasteiger partial charge in [0.1, 0.15) is 0 Å². The number of hydrogen-bond donors (Lipinski definition) is 0. The fourth-order valence-electron chi connectivity index (χ4n) is 3.71. The molecule has 4 rings (SSSR count). The molecule has 0 atom stereocenters. The van der Waals surface area contributed by atoms with Gasteiger partial charge in [0, 0.05) is 29.1 Å². The van der Waals surface area contributed by atoms with E-state index in [1.165, 1.54) is 0 Å². The van der Waals surface area contributed by atoms with Gasteiger partial charge in [-0.25, -0.2) is 13.4 Å². The SMILES string of the molecule is COc1ccc(-c2csc(N3CCC(S(=O)(=O)c4ccc(Cl)cc4)CC3)n2)cc1OC. The molecule has 1 aliphatic heterocycles. The highest BCUT2D eigenvalue weighted by Crippen LogP contribution is 2.35. The maximum atomic E-state index is 12.9. The van der Waals surface area contributed by atoms with E-state index in [2.05, 4.69) is 4.90 Å². The van der Waals surface area contributed by atoms with Crippen LogP contribution in [0.1, 0.15) is 12.8 Å². The normalized spacial score (nSPS) is 15.1. The molecule has 0 bridgehead atoms. The summed E-state index contributed by atoms with van der Waals surface area (Å²) < 4.78 is 36.6. The quantitative estimate of drug-likeness (QED) is 0.500. The number of methoxy groups -OCH3 is 2. The second kappa shape index (κ2) is 9.06. The molecule has 0 N–H and O–H groups in total. The van der Waals surface area contributed by atoms with Crippen molar-refractivity contribution < 1.29 is 17.9 Å². The molecule has 0 saturated carbocycles. The molecule has 2 heterocycles. The Balaban J connectivity index is 1.45. The molecule has 1 fully saturated rings. The van der Waals surface area contributed by atoms with E-state index in [-0.39, 0.29) is 0 Å². The van der Waals surface area contributed by atoms with Crippen LogP contribution in [0.5, 0.6) is 11.5 Å². The van der Waals surface area contributed by atoms with Gasteiger partial charge in [-0.15, -0.1) is 11.3 Å². The van der Waals surface area contributed by atoms with Crippen molar-refractivity contribution in [3.63, 3.8) is 0 Å². The maximum Gasteiger partial charge on any atom is 0.185 e. The highest BCUT2D eigenvalue weighted by molar-refractivity contribution is 7.92. The fourth-order valence-corrected chi connectivity index (χ4v) is 6.46. The van der Waals surface area contributed by atoms with E-state index in [1.54, 1.807) is 49.8 Å². The third-order valence-electron chi connectivity index (χ3n) is 5.46. The number of ether oxygens (including phenoxy) is 2. The van der Waals surface area contributed by atoms with Gasteiger partial charge in [-0.2, -0.15) is 0 Å². The first-order chi connectivity index (χ1) is 14.9. The Morgan fingerprint density at radius 3 is 2.35 bits per heavy atom. The number of hydrogen-bond acceptors (Lipinski definition) is 7. The zero-order chi connectivity index (χ0) is 22.0. The van der Waals surface area contributed by atoms with E-state index in [0.717, 1.165) is 16.4 Å². The predicted octanol–water partition coefficient (Wildman–Crippen LogP) is 4.92. The van der Waals surface area contributed by atoms with Crippen molar-refractivity contribution in [1.29, 1.82) is 0 Å². The summed E-state index contributed by atoms with van der Waals surface area (Å²) in [6, 6.07) is 12.1. The third-order valence-corrected chi connectivity index (χ3v) is 8.90. The standard InChI is InChI=1S/C22H23ClN2O4S2/c1-28-20-8-3-15(13-21(20)29-2)19-14-30-22(24-19)25-11-9-18(10-12-25)31(26,27)17-6-4-16(23)5-7-17/h3-8,13-14,18H,9-12H2,1-2H3. The van der Waals surface area contributed by atoms with Gasteiger partial charge < -0.3 is 14.4 Å². The Morgan fingerprint density at radius 1 is 1.03 bits per heavy atom. The molecule has 0 spiro atoms. The van der Waals surface area contributed by atoms with Gasteiger partial charge in [0.2, 0.25) is 0 Å². The number of rotatable bonds is 6. The molecule has 1 saturated heterocycles. The second-order valence-electron chi connectivity index (χ2n) is 7.27. The van der Waals surface area contributed by atoms with Gasteiger partial charge in [0.05, 0.1) is 30.1 Å². The van der Waals surface area contributed by atoms with E-state index in [1.807, 2.05) is 23.6 Å². The van der Waals surface area contributed by atoms with Gasteiger partial charge in [0.25, 0.3) is 0 Å². The molecule has 1 aromatic heterocycles. The van der Waals surface area contributed by atoms with Gasteiger partial charge in [-0.1, -0.05) is 11.6 Å². The number of sulfone groups is 1. The van der Waals surface area contributed by atoms with Crippen LogP contribution in [-0.4, -0.2) is 46.0 Å². The molecule has 164 valence electrons. The first-order valence-electron chi connectivity index (χ1n) is 9.84. The number of aromatic nitrogens is 1. The summed E-state index contributed by atoms with van der Waals surface area (Å²) in [6.45, 7) is 1.30. The van der Waals surface area contributed by atoms with Crippen LogP contribution in [0.2, 0.25) is 5.02 Å². The molecule has 3 aromatic rings. The maximum absolute atomic E-state index is 12.9. The van der Waals surface area contributed by atoms with Crippen LogP contribution in [-0.2, 0) is 9.84 Å². The predicted molar refractivity (Wildman–Crippen MR) is 125 cm³/mol. The average Bonchev–Trinajstić information content (AvgIpc) is 3.29. The van der Waals surface area contributed by atoms with Crippen molar-refractivity contribution in [3.8, 4) is 22.8 Å². The minimum absolute atomic E-state index is 0.334. The second-order valence-corrected chi connectivity index (χ2v) is 10.8. The molecule has 0 amide bonds. The van der Waals surface area contributed by atoms with Crippen molar-refractivity contribution in [1.82, 2.24) is 4.98 Å². The minimum Gasteiger partial charge on any atom is -0.493 e. The van der Waals surface area contributed by atoms with Gasteiger partial charge >= 0.3 is 0 Å². The number of halogens is 1. The molecule has 1 aliphatic rings. The van der Waals surface area contributed by atoms with Crippen molar-refractivity contribution in [2.75, 3.05) is 32.2 Å². The van der Waals surface area contributed by atoms with Gasteiger partial charge in [-0.3, -0.25) is 0 Å². The molecule has 0 radical (unpaired) electrons. The average molecular weight is 479 g/mol. The zero-order valence-corrected chi connectivity index (χ0v) is 19.6. The molecule has 0 unspecified atom stereocenters. The summed E-state index contributed by atoms with van der Waals surface area (Å²) in [6.07, 6.45) is 1.13.